The van der Waals surface area contributed by atoms with Crippen LogP contribution in [0.3, 0.4) is 0 Å². The summed E-state index contributed by atoms with van der Waals surface area (Å²) in [5.74, 6) is 0. The van der Waals surface area contributed by atoms with Crippen molar-refractivity contribution in [2.24, 2.45) is 5.73 Å². The number of hydrogen-bond acceptors (Lipinski definition) is 2. The average molecular weight is 272 g/mol. The van der Waals surface area contributed by atoms with Crippen molar-refractivity contribution in [2.45, 2.75) is 26.8 Å². The molecule has 0 heterocycles. The Bertz CT molecular complexity index is 605. The molecule has 2 aromatic carbocycles. The molecule has 0 saturated carbocycles. The lowest BCUT2D eigenvalue weighted by atomic mass is 10.0. The minimum Gasteiger partial charge on any atom is -0.389 e. The Morgan fingerprint density at radius 3 is 2.32 bits per heavy atom. The highest BCUT2D eigenvalue weighted by Gasteiger charge is 2.13. The predicted molar refractivity (Wildman–Crippen MR) is 88.0 cm³/mol. The van der Waals surface area contributed by atoms with Gasteiger partial charge in [-0.05, 0) is 38.3 Å². The maximum atomic E-state index is 5.82. The second-order valence-corrected chi connectivity index (χ2v) is 5.36. The molecule has 19 heavy (non-hydrogen) atoms. The van der Waals surface area contributed by atoms with Crippen molar-refractivity contribution >= 4 is 33.7 Å². The second-order valence-electron chi connectivity index (χ2n) is 4.92. The zero-order valence-corrected chi connectivity index (χ0v) is 12.5. The number of anilines is 1. The quantitative estimate of drug-likeness (QED) is 0.860. The molecule has 2 aromatic rings. The van der Waals surface area contributed by atoms with E-state index < -0.39 is 0 Å². The molecule has 0 aromatic heterocycles. The maximum absolute atomic E-state index is 5.82. The third-order valence-corrected chi connectivity index (χ3v) is 3.66. The first-order valence-electron chi connectivity index (χ1n) is 6.64. The van der Waals surface area contributed by atoms with Crippen molar-refractivity contribution < 1.29 is 0 Å². The summed E-state index contributed by atoms with van der Waals surface area (Å²) in [4.78, 5) is 2.83. The fourth-order valence-electron chi connectivity index (χ4n) is 2.56. The lowest BCUT2D eigenvalue weighted by molar-refractivity contribution is 0.706. The lowest BCUT2D eigenvalue weighted by Gasteiger charge is -2.29. The zero-order chi connectivity index (χ0) is 14.0. The third-order valence-electron chi connectivity index (χ3n) is 3.44. The van der Waals surface area contributed by atoms with E-state index in [4.69, 9.17) is 18.0 Å². The Morgan fingerprint density at radius 2 is 1.79 bits per heavy atom. The van der Waals surface area contributed by atoms with E-state index in [0.29, 0.717) is 11.0 Å². The van der Waals surface area contributed by atoms with E-state index in [9.17, 15) is 0 Å². The summed E-state index contributed by atoms with van der Waals surface area (Å²) in [6, 6.07) is 12.9. The zero-order valence-electron chi connectivity index (χ0n) is 11.7. The van der Waals surface area contributed by atoms with E-state index in [2.05, 4.69) is 49.9 Å². The molecule has 100 valence electrons. The van der Waals surface area contributed by atoms with E-state index in [0.717, 1.165) is 17.5 Å². The van der Waals surface area contributed by atoms with Crippen LogP contribution in [0.4, 0.5) is 5.69 Å². The van der Waals surface area contributed by atoms with Gasteiger partial charge in [-0.25, -0.2) is 0 Å². The van der Waals surface area contributed by atoms with Gasteiger partial charge in [0, 0.05) is 29.2 Å². The number of thiocarbonyl (C=S) groups is 1. The Hall–Kier alpha value is -1.61. The fraction of sp³-hybridized carbons (Fsp3) is 0.312. The van der Waals surface area contributed by atoms with Crippen molar-refractivity contribution in [1.29, 1.82) is 0 Å². The normalized spacial score (nSPS) is 10.9. The van der Waals surface area contributed by atoms with E-state index in [1.165, 1.54) is 11.1 Å². The SMILES string of the molecule is CCN(c1ccc(C(N)=S)c2ccccc12)C(C)C. The summed E-state index contributed by atoms with van der Waals surface area (Å²) in [5.41, 5.74) is 8.01. The van der Waals surface area contributed by atoms with Crippen LogP contribution in [0.15, 0.2) is 36.4 Å². The lowest BCUT2D eigenvalue weighted by Crippen LogP contribution is -2.30. The Morgan fingerprint density at radius 1 is 1.16 bits per heavy atom. The van der Waals surface area contributed by atoms with Gasteiger partial charge in [0.1, 0.15) is 4.99 Å². The minimum atomic E-state index is 0.454. The first-order valence-corrected chi connectivity index (χ1v) is 7.05. The molecule has 0 aliphatic carbocycles. The molecular formula is C16H20N2S. The molecule has 2 rings (SSSR count). The minimum absolute atomic E-state index is 0.454. The summed E-state index contributed by atoms with van der Waals surface area (Å²) in [7, 11) is 0. The van der Waals surface area contributed by atoms with Crippen LogP contribution in [0.5, 0.6) is 0 Å². The van der Waals surface area contributed by atoms with Crippen molar-refractivity contribution in [2.75, 3.05) is 11.4 Å². The molecule has 0 aliphatic heterocycles. The molecule has 0 spiro atoms. The van der Waals surface area contributed by atoms with Gasteiger partial charge in [0.05, 0.1) is 0 Å². The standard InChI is InChI=1S/C16H20N2S/c1-4-18(11(2)3)15-10-9-14(16(17)19)12-7-5-6-8-13(12)15/h5-11H,4H2,1-3H3,(H2,17,19). The van der Waals surface area contributed by atoms with Crippen LogP contribution in [0, 0.1) is 0 Å². The number of hydrogen-bond donors (Lipinski definition) is 1. The van der Waals surface area contributed by atoms with Crippen molar-refractivity contribution in [3.63, 3.8) is 0 Å². The van der Waals surface area contributed by atoms with Crippen LogP contribution >= 0.6 is 12.2 Å². The van der Waals surface area contributed by atoms with Crippen LogP contribution in [0.25, 0.3) is 10.8 Å². The largest absolute Gasteiger partial charge is 0.389 e. The predicted octanol–water partition coefficient (Wildman–Crippen LogP) is 3.71. The summed E-state index contributed by atoms with van der Waals surface area (Å²) in [5, 5.41) is 2.34. The molecule has 0 bridgehead atoms. The molecule has 0 unspecified atom stereocenters. The Kier molecular flexibility index (Phi) is 4.05. The summed E-state index contributed by atoms with van der Waals surface area (Å²) < 4.78 is 0. The second kappa shape index (κ2) is 5.57. The number of rotatable bonds is 4. The van der Waals surface area contributed by atoms with Gasteiger partial charge in [-0.1, -0.05) is 36.5 Å². The Labute approximate surface area is 120 Å². The molecule has 3 heteroatoms. The van der Waals surface area contributed by atoms with Crippen molar-refractivity contribution in [3.05, 3.63) is 42.0 Å². The molecule has 0 amide bonds. The topological polar surface area (TPSA) is 29.3 Å². The van der Waals surface area contributed by atoms with Crippen LogP contribution < -0.4 is 10.6 Å². The van der Waals surface area contributed by atoms with Gasteiger partial charge < -0.3 is 10.6 Å². The highest BCUT2D eigenvalue weighted by Crippen LogP contribution is 2.30. The van der Waals surface area contributed by atoms with E-state index >= 15 is 0 Å². The van der Waals surface area contributed by atoms with Gasteiger partial charge in [-0.3, -0.25) is 0 Å². The van der Waals surface area contributed by atoms with Gasteiger partial charge in [-0.2, -0.15) is 0 Å². The number of benzene rings is 2. The highest BCUT2D eigenvalue weighted by atomic mass is 32.1. The molecule has 0 saturated heterocycles. The van der Waals surface area contributed by atoms with Crippen molar-refractivity contribution in [1.82, 2.24) is 0 Å². The van der Waals surface area contributed by atoms with Gasteiger partial charge in [0.2, 0.25) is 0 Å². The molecule has 2 nitrogen and oxygen atoms in total. The van der Waals surface area contributed by atoms with Crippen LogP contribution in [0.2, 0.25) is 0 Å². The molecule has 0 aliphatic rings. The number of nitrogens with zero attached hydrogens (tertiary/aromatic N) is 1. The number of nitrogens with two attached hydrogens (primary N) is 1. The van der Waals surface area contributed by atoms with Gasteiger partial charge in [-0.15, -0.1) is 0 Å². The van der Waals surface area contributed by atoms with Crippen LogP contribution in [-0.2, 0) is 0 Å². The van der Waals surface area contributed by atoms with Gasteiger partial charge in [0.25, 0.3) is 0 Å². The molecule has 0 atom stereocenters. The summed E-state index contributed by atoms with van der Waals surface area (Å²) >= 11 is 5.14. The summed E-state index contributed by atoms with van der Waals surface area (Å²) in [6.07, 6.45) is 0. The fourth-order valence-corrected chi connectivity index (χ4v) is 2.74. The molecule has 2 N–H and O–H groups in total. The van der Waals surface area contributed by atoms with E-state index in [1.807, 2.05) is 12.1 Å². The van der Waals surface area contributed by atoms with Crippen molar-refractivity contribution in [3.8, 4) is 0 Å². The van der Waals surface area contributed by atoms with Gasteiger partial charge >= 0.3 is 0 Å². The maximum Gasteiger partial charge on any atom is 0.104 e. The van der Waals surface area contributed by atoms with E-state index in [1.54, 1.807) is 0 Å². The van der Waals surface area contributed by atoms with Crippen LogP contribution in [0.1, 0.15) is 26.3 Å². The van der Waals surface area contributed by atoms with Crippen LogP contribution in [-0.4, -0.2) is 17.6 Å². The smallest absolute Gasteiger partial charge is 0.104 e. The Balaban J connectivity index is 2.71. The molecular weight excluding hydrogens is 252 g/mol. The highest BCUT2D eigenvalue weighted by molar-refractivity contribution is 7.80. The molecule has 0 fully saturated rings. The first-order chi connectivity index (χ1) is 9.06. The van der Waals surface area contributed by atoms with E-state index in [-0.39, 0.29) is 0 Å². The van der Waals surface area contributed by atoms with Gasteiger partial charge in [0.15, 0.2) is 0 Å². The molecule has 0 radical (unpaired) electrons. The first kappa shape index (κ1) is 13.8. The average Bonchev–Trinajstić information content (AvgIpc) is 2.39. The number of fused-ring (bicyclic) bond motifs is 1. The monoisotopic (exact) mass is 272 g/mol. The summed E-state index contributed by atoms with van der Waals surface area (Å²) in [6.45, 7) is 7.57. The third kappa shape index (κ3) is 2.56.